The molecule has 0 spiro atoms. The van der Waals surface area contributed by atoms with Crippen LogP contribution in [0.1, 0.15) is 91.9 Å². The summed E-state index contributed by atoms with van der Waals surface area (Å²) >= 11 is 0. The molecule has 0 amide bonds. The maximum absolute atomic E-state index is 10.3. The number of allylic oxidation sites excluding steroid dienone is 4. The highest BCUT2D eigenvalue weighted by atomic mass is 16.3. The van der Waals surface area contributed by atoms with Crippen LogP contribution in [0.2, 0.25) is 0 Å². The predicted octanol–water partition coefficient (Wildman–Crippen LogP) is 6.59. The Kier molecular flexibility index (Phi) is 7.49. The Balaban J connectivity index is 1.70. The van der Waals surface area contributed by atoms with Crippen molar-refractivity contribution in [2.24, 2.45) is 29.1 Å². The molecule has 0 bridgehead atoms. The molecule has 29 heavy (non-hydrogen) atoms. The van der Waals surface area contributed by atoms with Crippen molar-refractivity contribution in [1.82, 2.24) is 0 Å². The minimum absolute atomic E-state index is 0.158. The molecule has 0 aliphatic heterocycles. The Bertz CT molecular complexity index is 643. The Labute approximate surface area is 179 Å². The fraction of sp³-hybridized carbons (Fsp3) is 0.778. The molecule has 3 rings (SSSR count). The fourth-order valence-corrected chi connectivity index (χ4v) is 6.58. The molecule has 3 saturated carbocycles. The molecule has 6 atom stereocenters. The average molecular weight is 401 g/mol. The summed E-state index contributed by atoms with van der Waals surface area (Å²) in [6.45, 7) is 13.4. The van der Waals surface area contributed by atoms with Crippen LogP contribution in [-0.2, 0) is 0 Å². The van der Waals surface area contributed by atoms with Gasteiger partial charge in [-0.1, -0.05) is 57.6 Å². The van der Waals surface area contributed by atoms with Crippen LogP contribution in [0, 0.1) is 29.1 Å². The lowest BCUT2D eigenvalue weighted by molar-refractivity contribution is 0.0717. The maximum Gasteiger partial charge on any atom is 0.0583 e. The van der Waals surface area contributed by atoms with Gasteiger partial charge in [0.05, 0.1) is 12.2 Å². The largest absolute Gasteiger partial charge is 0.393 e. The van der Waals surface area contributed by atoms with Gasteiger partial charge >= 0.3 is 0 Å². The Morgan fingerprint density at radius 2 is 1.86 bits per heavy atom. The van der Waals surface area contributed by atoms with E-state index < -0.39 is 0 Å². The second kappa shape index (κ2) is 9.52. The summed E-state index contributed by atoms with van der Waals surface area (Å²) in [7, 11) is 0. The second-order valence-corrected chi connectivity index (χ2v) is 10.9. The zero-order chi connectivity index (χ0) is 21.2. The van der Waals surface area contributed by atoms with Gasteiger partial charge in [0.15, 0.2) is 0 Å². The number of rotatable bonds is 6. The summed E-state index contributed by atoms with van der Waals surface area (Å²) in [5, 5.41) is 20.3. The first-order valence-corrected chi connectivity index (χ1v) is 12.2. The van der Waals surface area contributed by atoms with Crippen molar-refractivity contribution in [2.75, 3.05) is 0 Å². The molecule has 2 N–H and O–H groups in total. The van der Waals surface area contributed by atoms with E-state index in [1.54, 1.807) is 5.57 Å². The van der Waals surface area contributed by atoms with Gasteiger partial charge in [0.1, 0.15) is 0 Å². The highest BCUT2D eigenvalue weighted by molar-refractivity contribution is 5.36. The summed E-state index contributed by atoms with van der Waals surface area (Å²) < 4.78 is 0. The minimum Gasteiger partial charge on any atom is -0.393 e. The summed E-state index contributed by atoms with van der Waals surface area (Å²) in [5.74, 6) is 2.52. The molecule has 0 aromatic carbocycles. The van der Waals surface area contributed by atoms with Crippen LogP contribution in [0.25, 0.3) is 0 Å². The van der Waals surface area contributed by atoms with Crippen molar-refractivity contribution in [3.05, 3.63) is 35.5 Å². The lowest BCUT2D eigenvalue weighted by Crippen LogP contribution is -2.36. The standard InChI is InChI=1S/C27H44O2/c1-18(2)26(29)15-9-20(4)24-13-14-25-21(7-6-16-27(24,25)5)10-11-22-17-23(28)12-8-19(22)3/h10-11,18,20,23-26,28-29H,3,6-9,12-17H2,1-2,4-5H3/b21-10+,22-11-/t20-,23+,24-,25+,26+,27-/m1/s1. The van der Waals surface area contributed by atoms with Gasteiger partial charge in [0.25, 0.3) is 0 Å². The Morgan fingerprint density at radius 1 is 1.10 bits per heavy atom. The molecule has 0 heterocycles. The summed E-state index contributed by atoms with van der Waals surface area (Å²) in [6, 6.07) is 0. The third-order valence-electron chi connectivity index (χ3n) is 8.60. The first-order valence-electron chi connectivity index (χ1n) is 12.2. The number of hydrogen-bond acceptors (Lipinski definition) is 2. The van der Waals surface area contributed by atoms with E-state index in [0.29, 0.717) is 23.2 Å². The van der Waals surface area contributed by atoms with Crippen molar-refractivity contribution < 1.29 is 10.2 Å². The third kappa shape index (κ3) is 5.07. The van der Waals surface area contributed by atoms with Gasteiger partial charge in [-0.15, -0.1) is 0 Å². The van der Waals surface area contributed by atoms with Gasteiger partial charge in [0, 0.05) is 0 Å². The normalized spacial score (nSPS) is 37.9. The quantitative estimate of drug-likeness (QED) is 0.528. The topological polar surface area (TPSA) is 40.5 Å². The molecule has 0 saturated heterocycles. The predicted molar refractivity (Wildman–Crippen MR) is 123 cm³/mol. The molecule has 2 heteroatoms. The smallest absolute Gasteiger partial charge is 0.0583 e. The fourth-order valence-electron chi connectivity index (χ4n) is 6.58. The molecule has 0 aromatic heterocycles. The van der Waals surface area contributed by atoms with E-state index in [0.717, 1.165) is 38.0 Å². The van der Waals surface area contributed by atoms with Crippen LogP contribution >= 0.6 is 0 Å². The molecular weight excluding hydrogens is 356 g/mol. The van der Waals surface area contributed by atoms with E-state index in [9.17, 15) is 10.2 Å². The van der Waals surface area contributed by atoms with Crippen LogP contribution in [0.4, 0.5) is 0 Å². The SMILES string of the molecule is C=C1CC[C@H](O)C/C1=C/C=C1\CCC[C@]2(C)[C@@H]([C@H](C)CC[C@H](O)C(C)C)CC[C@@H]12. The molecule has 0 aromatic rings. The molecule has 3 aliphatic carbocycles. The number of hydrogen-bond donors (Lipinski definition) is 2. The first-order chi connectivity index (χ1) is 13.7. The minimum atomic E-state index is -0.195. The van der Waals surface area contributed by atoms with Gasteiger partial charge in [-0.05, 0) is 98.9 Å². The monoisotopic (exact) mass is 400 g/mol. The van der Waals surface area contributed by atoms with Crippen molar-refractivity contribution >= 4 is 0 Å². The zero-order valence-electron chi connectivity index (χ0n) is 19.3. The lowest BCUT2D eigenvalue weighted by Gasteiger charge is -2.44. The molecule has 2 nitrogen and oxygen atoms in total. The Morgan fingerprint density at radius 3 is 2.59 bits per heavy atom. The molecule has 3 aliphatic rings. The summed E-state index contributed by atoms with van der Waals surface area (Å²) in [6.07, 6.45) is 15.5. The number of aliphatic hydroxyl groups excluding tert-OH is 2. The highest BCUT2D eigenvalue weighted by Crippen LogP contribution is 2.59. The van der Waals surface area contributed by atoms with E-state index >= 15 is 0 Å². The molecule has 0 radical (unpaired) electrons. The lowest BCUT2D eigenvalue weighted by atomic mass is 9.60. The Hall–Kier alpha value is -0.860. The van der Waals surface area contributed by atoms with Crippen LogP contribution in [-0.4, -0.2) is 22.4 Å². The van der Waals surface area contributed by atoms with Crippen molar-refractivity contribution in [3.8, 4) is 0 Å². The zero-order valence-corrected chi connectivity index (χ0v) is 19.3. The van der Waals surface area contributed by atoms with Crippen molar-refractivity contribution in [1.29, 1.82) is 0 Å². The van der Waals surface area contributed by atoms with Crippen LogP contribution in [0.15, 0.2) is 35.5 Å². The average Bonchev–Trinajstić information content (AvgIpc) is 3.04. The summed E-state index contributed by atoms with van der Waals surface area (Å²) in [5.41, 5.74) is 4.52. The van der Waals surface area contributed by atoms with E-state index in [1.165, 1.54) is 43.3 Å². The number of fused-ring (bicyclic) bond motifs is 1. The second-order valence-electron chi connectivity index (χ2n) is 10.9. The summed E-state index contributed by atoms with van der Waals surface area (Å²) in [4.78, 5) is 0. The van der Waals surface area contributed by atoms with Crippen LogP contribution in [0.3, 0.4) is 0 Å². The van der Waals surface area contributed by atoms with Gasteiger partial charge in [-0.3, -0.25) is 0 Å². The highest BCUT2D eigenvalue weighted by Gasteiger charge is 2.50. The van der Waals surface area contributed by atoms with Crippen LogP contribution in [0.5, 0.6) is 0 Å². The van der Waals surface area contributed by atoms with Crippen molar-refractivity contribution in [3.63, 3.8) is 0 Å². The van der Waals surface area contributed by atoms with Gasteiger partial charge in [-0.25, -0.2) is 0 Å². The molecule has 0 unspecified atom stereocenters. The van der Waals surface area contributed by atoms with Crippen LogP contribution < -0.4 is 0 Å². The molecule has 164 valence electrons. The molecular formula is C27H44O2. The molecule has 3 fully saturated rings. The maximum atomic E-state index is 10.3. The van der Waals surface area contributed by atoms with Gasteiger partial charge in [-0.2, -0.15) is 0 Å². The van der Waals surface area contributed by atoms with E-state index in [2.05, 4.69) is 46.4 Å². The van der Waals surface area contributed by atoms with E-state index in [4.69, 9.17) is 0 Å². The van der Waals surface area contributed by atoms with Gasteiger partial charge < -0.3 is 10.2 Å². The first kappa shape index (κ1) is 22.8. The van der Waals surface area contributed by atoms with E-state index in [1.807, 2.05) is 0 Å². The van der Waals surface area contributed by atoms with Crippen molar-refractivity contribution in [2.45, 2.75) is 104 Å². The van der Waals surface area contributed by atoms with E-state index in [-0.39, 0.29) is 12.2 Å². The third-order valence-corrected chi connectivity index (χ3v) is 8.60. The number of aliphatic hydroxyl groups is 2. The van der Waals surface area contributed by atoms with Gasteiger partial charge in [0.2, 0.25) is 0 Å².